The average molecular weight is 379 g/mol. The quantitative estimate of drug-likeness (QED) is 0.714. The molecule has 3 nitrogen and oxygen atoms in total. The third-order valence-electron chi connectivity index (χ3n) is 6.16. The highest BCUT2D eigenvalue weighted by molar-refractivity contribution is 6.11. The zero-order chi connectivity index (χ0) is 20.1. The van der Waals surface area contributed by atoms with Crippen LogP contribution in [0.3, 0.4) is 0 Å². The minimum Gasteiger partial charge on any atom is -0.366 e. The molecule has 0 atom stereocenters. The number of nitrogens with zero attached hydrogens (tertiary/aromatic N) is 1. The summed E-state index contributed by atoms with van der Waals surface area (Å²) in [6.07, 6.45) is 1.35. The highest BCUT2D eigenvalue weighted by Crippen LogP contribution is 2.47. The average Bonchev–Trinajstić information content (AvgIpc) is 2.61. The summed E-state index contributed by atoms with van der Waals surface area (Å²) in [5, 5.41) is 0. The fourth-order valence-corrected chi connectivity index (χ4v) is 4.71. The molecule has 1 heterocycles. The van der Waals surface area contributed by atoms with Crippen LogP contribution in [0.2, 0.25) is 0 Å². The number of carbonyl (C=O) groups excluding carboxylic acids is 2. The van der Waals surface area contributed by atoms with Crippen LogP contribution in [-0.4, -0.2) is 18.1 Å². The van der Waals surface area contributed by atoms with Crippen LogP contribution >= 0.6 is 0 Å². The molecular weight excluding hydrogens is 353 g/mol. The summed E-state index contributed by atoms with van der Waals surface area (Å²) in [4.78, 5) is 28.6. The van der Waals surface area contributed by atoms with Crippen LogP contribution in [0, 0.1) is 23.6 Å². The number of hydrogen-bond donors (Lipinski definition) is 0. The summed E-state index contributed by atoms with van der Waals surface area (Å²) in [5.74, 6) is -0.148. The number of fused-ring (bicyclic) bond motifs is 1. The summed E-state index contributed by atoms with van der Waals surface area (Å²) >= 11 is 0. The first-order valence-electron chi connectivity index (χ1n) is 9.84. The number of ketones is 2. The zero-order valence-electron chi connectivity index (χ0n) is 16.7. The Morgan fingerprint density at radius 3 is 2.25 bits per heavy atom. The number of halogens is 1. The topological polar surface area (TPSA) is 37.4 Å². The molecule has 1 saturated carbocycles. The van der Waals surface area contributed by atoms with Crippen LogP contribution in [0.5, 0.6) is 0 Å². The zero-order valence-corrected chi connectivity index (χ0v) is 16.7. The maximum absolute atomic E-state index is 13.3. The van der Waals surface area contributed by atoms with Crippen molar-refractivity contribution in [2.24, 2.45) is 10.8 Å². The van der Waals surface area contributed by atoms with Gasteiger partial charge in [-0.2, -0.15) is 0 Å². The molecule has 1 spiro atoms. The van der Waals surface area contributed by atoms with Crippen molar-refractivity contribution < 1.29 is 14.0 Å². The van der Waals surface area contributed by atoms with E-state index in [2.05, 4.69) is 23.1 Å². The van der Waals surface area contributed by atoms with Crippen LogP contribution in [0.4, 0.5) is 10.1 Å². The largest absolute Gasteiger partial charge is 0.366 e. The third kappa shape index (κ3) is 3.25. The third-order valence-corrected chi connectivity index (χ3v) is 6.16. The number of rotatable bonds is 2. The molecule has 0 N–H and O–H groups in total. The number of Topliss-reactive ketones (excluding diaryl/α,β-unsaturated/α-hetero) is 2. The molecule has 0 unspecified atom stereocenters. The first-order valence-corrected chi connectivity index (χ1v) is 9.84. The van der Waals surface area contributed by atoms with Crippen LogP contribution < -0.4 is 4.90 Å². The molecule has 28 heavy (non-hydrogen) atoms. The van der Waals surface area contributed by atoms with Crippen molar-refractivity contribution >= 4 is 17.3 Å². The molecule has 1 aliphatic carbocycles. The lowest BCUT2D eigenvalue weighted by molar-refractivity contribution is -0.147. The van der Waals surface area contributed by atoms with Gasteiger partial charge >= 0.3 is 0 Å². The van der Waals surface area contributed by atoms with Gasteiger partial charge in [-0.05, 0) is 48.1 Å². The Kier molecular flexibility index (Phi) is 4.40. The monoisotopic (exact) mass is 379 g/mol. The van der Waals surface area contributed by atoms with Crippen molar-refractivity contribution in [3.8, 4) is 0 Å². The van der Waals surface area contributed by atoms with E-state index in [0.29, 0.717) is 32.4 Å². The van der Waals surface area contributed by atoms with Crippen LogP contribution in [-0.2, 0) is 22.6 Å². The molecule has 1 fully saturated rings. The van der Waals surface area contributed by atoms with E-state index in [9.17, 15) is 14.0 Å². The lowest BCUT2D eigenvalue weighted by atomic mass is 9.60. The fraction of sp³-hybridized carbons (Fsp3) is 0.417. The Labute approximate surface area is 165 Å². The summed E-state index contributed by atoms with van der Waals surface area (Å²) in [5.41, 5.74) is 2.96. The Bertz CT molecular complexity index is 926. The predicted molar refractivity (Wildman–Crippen MR) is 108 cm³/mol. The van der Waals surface area contributed by atoms with Gasteiger partial charge in [-0.15, -0.1) is 0 Å². The van der Waals surface area contributed by atoms with Crippen LogP contribution in [0.1, 0.15) is 43.4 Å². The molecule has 2 aromatic rings. The van der Waals surface area contributed by atoms with E-state index in [1.165, 1.54) is 12.1 Å². The minimum absolute atomic E-state index is 0.0602. The Morgan fingerprint density at radius 1 is 0.964 bits per heavy atom. The van der Waals surface area contributed by atoms with E-state index in [1.807, 2.05) is 20.8 Å². The van der Waals surface area contributed by atoms with Gasteiger partial charge in [0.05, 0.1) is 0 Å². The smallest absolute Gasteiger partial charge is 0.149 e. The molecule has 0 bridgehead atoms. The first kappa shape index (κ1) is 18.9. The molecular formula is C24H26FNO2. The van der Waals surface area contributed by atoms with E-state index in [0.717, 1.165) is 22.4 Å². The van der Waals surface area contributed by atoms with Gasteiger partial charge in [0.15, 0.2) is 0 Å². The second-order valence-corrected chi connectivity index (χ2v) is 9.24. The molecule has 1 aliphatic heterocycles. The molecule has 0 radical (unpaired) electrons. The summed E-state index contributed by atoms with van der Waals surface area (Å²) < 4.78 is 13.3. The number of benzene rings is 2. The normalized spacial score (nSPS) is 20.4. The Balaban J connectivity index is 1.75. The van der Waals surface area contributed by atoms with Crippen molar-refractivity contribution in [1.29, 1.82) is 0 Å². The molecule has 4 rings (SSSR count). The maximum atomic E-state index is 13.3. The summed E-state index contributed by atoms with van der Waals surface area (Å²) in [6, 6.07) is 12.6. The standard InChI is InChI=1S/C24H26FNO2/c1-16-4-9-20-18(10-16)11-24(21(27)12-23(2,3)13-22(24)28)15-26(20)14-17-5-7-19(25)8-6-17/h4-10H,11-15H2,1-3H3. The number of anilines is 1. The molecule has 0 amide bonds. The molecule has 146 valence electrons. The highest BCUT2D eigenvalue weighted by atomic mass is 19.1. The number of aryl methyl sites for hydroxylation is 1. The number of carbonyl (C=O) groups is 2. The van der Waals surface area contributed by atoms with Gasteiger partial charge in [-0.3, -0.25) is 9.59 Å². The highest BCUT2D eigenvalue weighted by Gasteiger charge is 2.54. The fourth-order valence-electron chi connectivity index (χ4n) is 4.71. The Hall–Kier alpha value is -2.49. The van der Waals surface area contributed by atoms with E-state index >= 15 is 0 Å². The van der Waals surface area contributed by atoms with E-state index in [1.54, 1.807) is 12.1 Å². The van der Waals surface area contributed by atoms with Gasteiger partial charge in [0.2, 0.25) is 0 Å². The molecule has 2 aliphatic rings. The van der Waals surface area contributed by atoms with E-state index in [4.69, 9.17) is 0 Å². The van der Waals surface area contributed by atoms with Crippen molar-refractivity contribution in [1.82, 2.24) is 0 Å². The Morgan fingerprint density at radius 2 is 1.61 bits per heavy atom. The van der Waals surface area contributed by atoms with Gasteiger partial charge in [-0.25, -0.2) is 4.39 Å². The van der Waals surface area contributed by atoms with Gasteiger partial charge < -0.3 is 4.90 Å². The first-order chi connectivity index (χ1) is 13.2. The summed E-state index contributed by atoms with van der Waals surface area (Å²) in [7, 11) is 0. The summed E-state index contributed by atoms with van der Waals surface area (Å²) in [6.45, 7) is 6.95. The molecule has 2 aromatic carbocycles. The van der Waals surface area contributed by atoms with Crippen molar-refractivity contribution in [2.75, 3.05) is 11.4 Å². The van der Waals surface area contributed by atoms with Gasteiger partial charge in [-0.1, -0.05) is 43.7 Å². The molecule has 4 heteroatoms. The lowest BCUT2D eigenvalue weighted by Crippen LogP contribution is -2.57. The van der Waals surface area contributed by atoms with Crippen molar-refractivity contribution in [3.05, 3.63) is 65.0 Å². The van der Waals surface area contributed by atoms with Gasteiger partial charge in [0.25, 0.3) is 0 Å². The minimum atomic E-state index is -0.962. The lowest BCUT2D eigenvalue weighted by Gasteiger charge is -2.47. The SMILES string of the molecule is Cc1ccc2c(c1)CC1(CN2Cc2ccc(F)cc2)C(=O)CC(C)(C)CC1=O. The van der Waals surface area contributed by atoms with Crippen molar-refractivity contribution in [3.63, 3.8) is 0 Å². The maximum Gasteiger partial charge on any atom is 0.149 e. The second kappa shape index (κ2) is 6.54. The molecule has 0 saturated heterocycles. The number of hydrogen-bond acceptors (Lipinski definition) is 3. The predicted octanol–water partition coefficient (Wildman–Crippen LogP) is 4.64. The van der Waals surface area contributed by atoms with Crippen LogP contribution in [0.25, 0.3) is 0 Å². The van der Waals surface area contributed by atoms with Crippen LogP contribution in [0.15, 0.2) is 42.5 Å². The van der Waals surface area contributed by atoms with E-state index in [-0.39, 0.29) is 22.8 Å². The van der Waals surface area contributed by atoms with Gasteiger partial charge in [0, 0.05) is 31.6 Å². The molecule has 0 aromatic heterocycles. The second-order valence-electron chi connectivity index (χ2n) is 9.24. The van der Waals surface area contributed by atoms with Gasteiger partial charge in [0.1, 0.15) is 22.8 Å². The van der Waals surface area contributed by atoms with E-state index < -0.39 is 5.41 Å². The van der Waals surface area contributed by atoms with Crippen molar-refractivity contribution in [2.45, 2.75) is 46.6 Å².